The van der Waals surface area contributed by atoms with Gasteiger partial charge in [0.25, 0.3) is 0 Å². The van der Waals surface area contributed by atoms with Crippen molar-refractivity contribution in [1.29, 1.82) is 5.26 Å². The lowest BCUT2D eigenvalue weighted by Gasteiger charge is -2.13. The molecule has 1 heterocycles. The monoisotopic (exact) mass is 210 g/mol. The highest BCUT2D eigenvalue weighted by atomic mass is 16.7. The minimum atomic E-state index is -0.268. The van der Waals surface area contributed by atoms with Gasteiger partial charge in [0, 0.05) is 20.8 Å². The smallest absolute Gasteiger partial charge is 0.203 e. The molecule has 0 aromatic carbocycles. The Morgan fingerprint density at radius 1 is 1.47 bits per heavy atom. The van der Waals surface area contributed by atoms with Gasteiger partial charge in [-0.05, 0) is 12.1 Å². The normalized spacial score (nSPS) is 10.5. The van der Waals surface area contributed by atoms with Crippen molar-refractivity contribution in [3.63, 3.8) is 0 Å². The van der Waals surface area contributed by atoms with Crippen molar-refractivity contribution in [2.24, 2.45) is 0 Å². The molecule has 1 N–H and O–H groups in total. The fourth-order valence-electron chi connectivity index (χ4n) is 1.11. The number of nitriles is 1. The number of ether oxygens (including phenoxy) is 2. The Kier molecular flexibility index (Phi) is 4.84. The first-order valence-electron chi connectivity index (χ1n) is 4.55. The first-order valence-corrected chi connectivity index (χ1v) is 4.55. The number of nitrogens with zero attached hydrogens (tertiary/aromatic N) is 1. The topological polar surface area (TPSA) is 67.4 Å². The largest absolute Gasteiger partial charge is 0.449 e. The second-order valence-electron chi connectivity index (χ2n) is 2.91. The van der Waals surface area contributed by atoms with Gasteiger partial charge in [0.15, 0.2) is 6.29 Å². The first-order chi connectivity index (χ1) is 7.30. The van der Waals surface area contributed by atoms with Crippen LogP contribution in [-0.2, 0) is 16.0 Å². The minimum absolute atomic E-state index is 0.268. The maximum Gasteiger partial charge on any atom is 0.203 e. The van der Waals surface area contributed by atoms with Gasteiger partial charge in [-0.1, -0.05) is 0 Å². The molecule has 0 atom stereocenters. The second kappa shape index (κ2) is 6.19. The predicted molar refractivity (Wildman–Crippen MR) is 52.9 cm³/mol. The summed E-state index contributed by atoms with van der Waals surface area (Å²) in [6.45, 7) is 1.11. The number of nitrogens with one attached hydrogen (secondary N) is 1. The fraction of sp³-hybridized carbons (Fsp3) is 0.500. The molecule has 5 heteroatoms. The van der Waals surface area contributed by atoms with Crippen LogP contribution in [0, 0.1) is 11.3 Å². The molecule has 0 aliphatic heterocycles. The van der Waals surface area contributed by atoms with Gasteiger partial charge in [-0.2, -0.15) is 5.26 Å². The summed E-state index contributed by atoms with van der Waals surface area (Å²) in [4.78, 5) is 0. The molecule has 1 aromatic heterocycles. The van der Waals surface area contributed by atoms with Gasteiger partial charge >= 0.3 is 0 Å². The van der Waals surface area contributed by atoms with Crippen molar-refractivity contribution in [2.75, 3.05) is 20.8 Å². The highest BCUT2D eigenvalue weighted by molar-refractivity contribution is 5.18. The molecule has 0 aliphatic rings. The van der Waals surface area contributed by atoms with Crippen LogP contribution in [0.1, 0.15) is 11.5 Å². The zero-order chi connectivity index (χ0) is 11.1. The van der Waals surface area contributed by atoms with E-state index >= 15 is 0 Å². The van der Waals surface area contributed by atoms with Crippen molar-refractivity contribution in [2.45, 2.75) is 12.8 Å². The van der Waals surface area contributed by atoms with E-state index < -0.39 is 0 Å². The minimum Gasteiger partial charge on any atom is -0.449 e. The molecule has 0 bridgehead atoms. The molecule has 1 aromatic rings. The lowest BCUT2D eigenvalue weighted by molar-refractivity contribution is -0.0990. The third-order valence-corrected chi connectivity index (χ3v) is 1.91. The van der Waals surface area contributed by atoms with E-state index in [1.807, 2.05) is 6.07 Å². The SMILES string of the molecule is COC(CNCc1ccc(C#N)o1)OC. The van der Waals surface area contributed by atoms with Crippen LogP contribution in [0.15, 0.2) is 16.5 Å². The first kappa shape index (κ1) is 11.7. The molecule has 5 nitrogen and oxygen atoms in total. The predicted octanol–water partition coefficient (Wildman–Crippen LogP) is 0.860. The average Bonchev–Trinajstić information content (AvgIpc) is 2.72. The Bertz CT molecular complexity index is 326. The van der Waals surface area contributed by atoms with Crippen molar-refractivity contribution in [1.82, 2.24) is 5.32 Å². The molecule has 0 radical (unpaired) electrons. The molecule has 0 spiro atoms. The summed E-state index contributed by atoms with van der Waals surface area (Å²) in [6.07, 6.45) is -0.268. The van der Waals surface area contributed by atoms with Crippen LogP contribution in [0.4, 0.5) is 0 Å². The summed E-state index contributed by atoms with van der Waals surface area (Å²) < 4.78 is 15.2. The van der Waals surface area contributed by atoms with E-state index in [0.29, 0.717) is 18.8 Å². The van der Waals surface area contributed by atoms with Gasteiger partial charge in [-0.3, -0.25) is 0 Å². The molecular formula is C10H14N2O3. The lowest BCUT2D eigenvalue weighted by Crippen LogP contribution is -2.29. The molecule has 1 rings (SSSR count). The fourth-order valence-corrected chi connectivity index (χ4v) is 1.11. The lowest BCUT2D eigenvalue weighted by atomic mass is 10.4. The summed E-state index contributed by atoms with van der Waals surface area (Å²) in [5.41, 5.74) is 0. The van der Waals surface area contributed by atoms with Gasteiger partial charge in [0.2, 0.25) is 5.76 Å². The summed E-state index contributed by atoms with van der Waals surface area (Å²) in [5.74, 6) is 1.04. The van der Waals surface area contributed by atoms with Gasteiger partial charge in [0.1, 0.15) is 11.8 Å². The molecule has 0 saturated heterocycles. The van der Waals surface area contributed by atoms with Gasteiger partial charge < -0.3 is 19.2 Å². The van der Waals surface area contributed by atoms with E-state index in [0.717, 1.165) is 5.76 Å². The Morgan fingerprint density at radius 2 is 2.20 bits per heavy atom. The van der Waals surface area contributed by atoms with E-state index in [9.17, 15) is 0 Å². The van der Waals surface area contributed by atoms with Crippen molar-refractivity contribution in [3.8, 4) is 6.07 Å². The van der Waals surface area contributed by atoms with E-state index in [-0.39, 0.29) is 6.29 Å². The molecule has 0 fully saturated rings. The van der Waals surface area contributed by atoms with Crippen LogP contribution >= 0.6 is 0 Å². The van der Waals surface area contributed by atoms with Crippen molar-refractivity contribution >= 4 is 0 Å². The number of furan rings is 1. The zero-order valence-corrected chi connectivity index (χ0v) is 8.82. The van der Waals surface area contributed by atoms with E-state index in [4.69, 9.17) is 19.2 Å². The molecule has 0 aliphatic carbocycles. The molecule has 15 heavy (non-hydrogen) atoms. The maximum atomic E-state index is 8.54. The Labute approximate surface area is 88.6 Å². The van der Waals surface area contributed by atoms with Crippen molar-refractivity contribution < 1.29 is 13.9 Å². The van der Waals surface area contributed by atoms with Crippen LogP contribution in [0.5, 0.6) is 0 Å². The summed E-state index contributed by atoms with van der Waals surface area (Å²) in [6, 6.07) is 5.33. The van der Waals surface area contributed by atoms with Crippen LogP contribution in [0.25, 0.3) is 0 Å². The Balaban J connectivity index is 2.28. The average molecular weight is 210 g/mol. The third kappa shape index (κ3) is 3.72. The van der Waals surface area contributed by atoms with Crippen LogP contribution in [0.2, 0.25) is 0 Å². The highest BCUT2D eigenvalue weighted by Crippen LogP contribution is 2.05. The zero-order valence-electron chi connectivity index (χ0n) is 8.82. The summed E-state index contributed by atoms with van der Waals surface area (Å²) in [5, 5.41) is 11.6. The summed E-state index contributed by atoms with van der Waals surface area (Å²) >= 11 is 0. The molecule has 0 amide bonds. The van der Waals surface area contributed by atoms with Crippen LogP contribution in [-0.4, -0.2) is 27.1 Å². The van der Waals surface area contributed by atoms with E-state index in [1.54, 1.807) is 26.4 Å². The van der Waals surface area contributed by atoms with Crippen LogP contribution < -0.4 is 5.32 Å². The maximum absolute atomic E-state index is 8.54. The second-order valence-corrected chi connectivity index (χ2v) is 2.91. The molecule has 0 saturated carbocycles. The van der Waals surface area contributed by atoms with E-state index in [1.165, 1.54) is 0 Å². The Morgan fingerprint density at radius 3 is 2.73 bits per heavy atom. The highest BCUT2D eigenvalue weighted by Gasteiger charge is 2.05. The molecule has 0 unspecified atom stereocenters. The van der Waals surface area contributed by atoms with Gasteiger partial charge in [-0.15, -0.1) is 0 Å². The van der Waals surface area contributed by atoms with E-state index in [2.05, 4.69) is 5.32 Å². The summed E-state index contributed by atoms with van der Waals surface area (Å²) in [7, 11) is 3.16. The standard InChI is InChI=1S/C10H14N2O3/c1-13-10(14-2)7-12-6-9-4-3-8(5-11)15-9/h3-4,10,12H,6-7H2,1-2H3. The van der Waals surface area contributed by atoms with Crippen molar-refractivity contribution in [3.05, 3.63) is 23.7 Å². The number of rotatable bonds is 6. The van der Waals surface area contributed by atoms with Gasteiger partial charge in [-0.25, -0.2) is 0 Å². The Hall–Kier alpha value is -1.35. The van der Waals surface area contributed by atoms with Gasteiger partial charge in [0.05, 0.1) is 6.54 Å². The number of methoxy groups -OCH3 is 2. The molecular weight excluding hydrogens is 196 g/mol. The third-order valence-electron chi connectivity index (χ3n) is 1.91. The number of hydrogen-bond donors (Lipinski definition) is 1. The molecule has 82 valence electrons. The van der Waals surface area contributed by atoms with Crippen LogP contribution in [0.3, 0.4) is 0 Å². The number of hydrogen-bond acceptors (Lipinski definition) is 5. The quantitative estimate of drug-likeness (QED) is 0.705.